The van der Waals surface area contributed by atoms with Gasteiger partial charge in [0, 0.05) is 5.69 Å². The smallest absolute Gasteiger partial charge is 0.411 e. The second kappa shape index (κ2) is 7.17. The van der Waals surface area contributed by atoms with Crippen LogP contribution in [0.4, 0.5) is 10.5 Å². The zero-order chi connectivity index (χ0) is 13.4. The lowest BCUT2D eigenvalue weighted by Crippen LogP contribution is -2.16. The van der Waals surface area contributed by atoms with Crippen molar-refractivity contribution in [2.75, 3.05) is 18.5 Å². The summed E-state index contributed by atoms with van der Waals surface area (Å²) in [6, 6.07) is 8.60. The van der Waals surface area contributed by atoms with Gasteiger partial charge in [-0.2, -0.15) is 5.26 Å². The van der Waals surface area contributed by atoms with Gasteiger partial charge in [0.05, 0.1) is 6.61 Å². The topological polar surface area (TPSA) is 71.3 Å². The van der Waals surface area contributed by atoms with Crippen molar-refractivity contribution in [2.24, 2.45) is 5.92 Å². The lowest BCUT2D eigenvalue weighted by atomic mass is 10.2. The molecule has 0 aromatic heterocycles. The van der Waals surface area contributed by atoms with Crippen LogP contribution in [0.15, 0.2) is 24.3 Å². The summed E-state index contributed by atoms with van der Waals surface area (Å²) in [6.45, 7) is 4.32. The summed E-state index contributed by atoms with van der Waals surface area (Å²) in [6.07, 6.45) is -0.477. The minimum atomic E-state index is -0.477. The molecule has 0 saturated carbocycles. The molecule has 0 radical (unpaired) electrons. The monoisotopic (exact) mass is 248 g/mol. The molecule has 0 fully saturated rings. The lowest BCUT2D eigenvalue weighted by Gasteiger charge is -2.09. The fraction of sp³-hybridized carbons (Fsp3) is 0.385. The van der Waals surface area contributed by atoms with Gasteiger partial charge >= 0.3 is 6.09 Å². The molecule has 0 saturated heterocycles. The first kappa shape index (κ1) is 13.8. The Hall–Kier alpha value is -2.22. The quantitative estimate of drug-likeness (QED) is 0.869. The minimum Gasteiger partial charge on any atom is -0.479 e. The molecule has 0 atom stereocenters. The molecule has 0 unspecified atom stereocenters. The van der Waals surface area contributed by atoms with Crippen molar-refractivity contribution in [1.82, 2.24) is 0 Å². The zero-order valence-electron chi connectivity index (χ0n) is 10.5. The van der Waals surface area contributed by atoms with Gasteiger partial charge in [-0.3, -0.25) is 5.32 Å². The summed E-state index contributed by atoms with van der Waals surface area (Å²) < 4.78 is 10.1. The van der Waals surface area contributed by atoms with Crippen LogP contribution in [-0.2, 0) is 4.74 Å². The van der Waals surface area contributed by atoms with Gasteiger partial charge in [-0.1, -0.05) is 13.8 Å². The second-order valence-electron chi connectivity index (χ2n) is 4.09. The molecular weight excluding hydrogens is 232 g/mol. The summed E-state index contributed by atoms with van der Waals surface area (Å²) in [5, 5.41) is 11.0. The molecule has 1 aromatic carbocycles. The van der Waals surface area contributed by atoms with Crippen molar-refractivity contribution >= 4 is 11.8 Å². The zero-order valence-corrected chi connectivity index (χ0v) is 10.5. The highest BCUT2D eigenvalue weighted by atomic mass is 16.5. The third-order valence-electron chi connectivity index (χ3n) is 1.95. The number of anilines is 1. The first-order valence-corrected chi connectivity index (χ1v) is 5.65. The van der Waals surface area contributed by atoms with Crippen LogP contribution < -0.4 is 10.1 Å². The largest absolute Gasteiger partial charge is 0.479 e. The number of carbonyl (C=O) groups is 1. The van der Waals surface area contributed by atoms with Gasteiger partial charge in [0.25, 0.3) is 0 Å². The summed E-state index contributed by atoms with van der Waals surface area (Å²) in [5.74, 6) is 0.884. The second-order valence-corrected chi connectivity index (χ2v) is 4.09. The van der Waals surface area contributed by atoms with Crippen molar-refractivity contribution in [1.29, 1.82) is 5.26 Å². The maximum atomic E-state index is 11.4. The Balaban J connectivity index is 2.43. The fourth-order valence-electron chi connectivity index (χ4n) is 1.15. The van der Waals surface area contributed by atoms with Crippen LogP contribution in [0.5, 0.6) is 5.75 Å². The first-order valence-electron chi connectivity index (χ1n) is 5.65. The van der Waals surface area contributed by atoms with Crippen molar-refractivity contribution in [3.8, 4) is 11.8 Å². The third-order valence-corrected chi connectivity index (χ3v) is 1.95. The molecule has 18 heavy (non-hydrogen) atoms. The number of nitrogens with one attached hydrogen (secondary N) is 1. The van der Waals surface area contributed by atoms with Crippen molar-refractivity contribution in [3.05, 3.63) is 24.3 Å². The highest BCUT2D eigenvalue weighted by molar-refractivity contribution is 5.84. The summed E-state index contributed by atoms with van der Waals surface area (Å²) in [5.41, 5.74) is 0.619. The Bertz CT molecular complexity index is 421. The molecule has 0 aliphatic carbocycles. The number of nitrogens with zero attached hydrogens (tertiary/aromatic N) is 1. The van der Waals surface area contributed by atoms with Gasteiger partial charge in [-0.05, 0) is 30.2 Å². The molecular formula is C13H16N2O3. The van der Waals surface area contributed by atoms with E-state index in [1.165, 1.54) is 0 Å². The SMILES string of the molecule is CC(C)COC(=O)Nc1ccc(OCC#N)cc1. The van der Waals surface area contributed by atoms with E-state index in [0.29, 0.717) is 24.0 Å². The van der Waals surface area contributed by atoms with Gasteiger partial charge in [0.1, 0.15) is 11.8 Å². The van der Waals surface area contributed by atoms with Gasteiger partial charge < -0.3 is 9.47 Å². The number of benzene rings is 1. The van der Waals surface area contributed by atoms with Gasteiger partial charge in [-0.15, -0.1) is 0 Å². The molecule has 1 amide bonds. The number of amides is 1. The van der Waals surface area contributed by atoms with Crippen molar-refractivity contribution in [3.63, 3.8) is 0 Å². The van der Waals surface area contributed by atoms with Crippen LogP contribution in [0.2, 0.25) is 0 Å². The molecule has 0 spiro atoms. The molecule has 1 rings (SSSR count). The molecule has 0 aliphatic heterocycles. The van der Waals surface area contributed by atoms with Gasteiger partial charge in [0.15, 0.2) is 6.61 Å². The van der Waals surface area contributed by atoms with E-state index in [1.807, 2.05) is 19.9 Å². The summed E-state index contributed by atoms with van der Waals surface area (Å²) in [4.78, 5) is 11.4. The summed E-state index contributed by atoms with van der Waals surface area (Å²) >= 11 is 0. The highest BCUT2D eigenvalue weighted by Gasteiger charge is 2.04. The van der Waals surface area contributed by atoms with Crippen LogP contribution in [0.3, 0.4) is 0 Å². The Morgan fingerprint density at radius 3 is 2.61 bits per heavy atom. The Morgan fingerprint density at radius 2 is 2.06 bits per heavy atom. The van der Waals surface area contributed by atoms with E-state index >= 15 is 0 Å². The summed E-state index contributed by atoms with van der Waals surface area (Å²) in [7, 11) is 0. The molecule has 0 heterocycles. The van der Waals surface area contributed by atoms with E-state index in [9.17, 15) is 4.79 Å². The fourth-order valence-corrected chi connectivity index (χ4v) is 1.15. The standard InChI is InChI=1S/C13H16N2O3/c1-10(2)9-18-13(16)15-11-3-5-12(6-4-11)17-8-7-14/h3-6,10H,8-9H2,1-2H3,(H,15,16). The maximum Gasteiger partial charge on any atom is 0.411 e. The Kier molecular flexibility index (Phi) is 5.52. The van der Waals surface area contributed by atoms with E-state index in [1.54, 1.807) is 24.3 Å². The number of hydrogen-bond donors (Lipinski definition) is 1. The van der Waals surface area contributed by atoms with E-state index in [2.05, 4.69) is 5.32 Å². The van der Waals surface area contributed by atoms with Crippen molar-refractivity contribution < 1.29 is 14.3 Å². The average Bonchev–Trinajstić information content (AvgIpc) is 2.35. The predicted octanol–water partition coefficient (Wildman–Crippen LogP) is 2.79. The molecule has 5 heteroatoms. The predicted molar refractivity (Wildman–Crippen MR) is 67.4 cm³/mol. The number of ether oxygens (including phenoxy) is 2. The molecule has 1 aromatic rings. The molecule has 0 aliphatic rings. The van der Waals surface area contributed by atoms with Crippen molar-refractivity contribution in [2.45, 2.75) is 13.8 Å². The Labute approximate surface area is 106 Å². The van der Waals surface area contributed by atoms with Gasteiger partial charge in [-0.25, -0.2) is 4.79 Å². The maximum absolute atomic E-state index is 11.4. The van der Waals surface area contributed by atoms with Crippen LogP contribution in [0.1, 0.15) is 13.8 Å². The molecule has 96 valence electrons. The third kappa shape index (κ3) is 5.21. The molecule has 1 N–H and O–H groups in total. The number of hydrogen-bond acceptors (Lipinski definition) is 4. The molecule has 5 nitrogen and oxygen atoms in total. The average molecular weight is 248 g/mol. The number of carbonyl (C=O) groups excluding carboxylic acids is 1. The van der Waals surface area contributed by atoms with Crippen LogP contribution in [0, 0.1) is 17.2 Å². The van der Waals surface area contributed by atoms with Crippen LogP contribution in [-0.4, -0.2) is 19.3 Å². The van der Waals surface area contributed by atoms with E-state index in [4.69, 9.17) is 14.7 Å². The molecule has 0 bridgehead atoms. The van der Waals surface area contributed by atoms with E-state index < -0.39 is 6.09 Å². The van der Waals surface area contributed by atoms with Gasteiger partial charge in [0.2, 0.25) is 0 Å². The Morgan fingerprint density at radius 1 is 1.39 bits per heavy atom. The highest BCUT2D eigenvalue weighted by Crippen LogP contribution is 2.15. The normalized spacial score (nSPS) is 9.67. The minimum absolute atomic E-state index is 0.00318. The lowest BCUT2D eigenvalue weighted by molar-refractivity contribution is 0.147. The number of nitriles is 1. The van der Waals surface area contributed by atoms with Crippen LogP contribution in [0.25, 0.3) is 0 Å². The van der Waals surface area contributed by atoms with E-state index in [0.717, 1.165) is 0 Å². The van der Waals surface area contributed by atoms with Crippen LogP contribution >= 0.6 is 0 Å². The number of rotatable bonds is 5. The first-order chi connectivity index (χ1) is 8.61. The van der Waals surface area contributed by atoms with E-state index in [-0.39, 0.29) is 6.61 Å².